The highest BCUT2D eigenvalue weighted by Gasteiger charge is 2.40. The standard InChI is InChI=1S/C29H47N3O2/c1-6-7-10-30-11-13-32(14-12-30)26-9-8-23(27-20-31(22-33)15-16-34-27)17-25(26)24-18-28(2,3)21-29(4,5)19-24/h8-9,17,22,24,27H,6-7,10-16,18-21H2,1-5H3. The third-order valence-corrected chi connectivity index (χ3v) is 8.21. The summed E-state index contributed by atoms with van der Waals surface area (Å²) in [6.07, 6.45) is 7.25. The highest BCUT2D eigenvalue weighted by molar-refractivity contribution is 5.58. The molecule has 5 nitrogen and oxygen atoms in total. The quantitative estimate of drug-likeness (QED) is 0.497. The van der Waals surface area contributed by atoms with Crippen LogP contribution in [0, 0.1) is 10.8 Å². The second kappa shape index (κ2) is 10.6. The molecule has 0 aromatic heterocycles. The van der Waals surface area contributed by atoms with Gasteiger partial charge in [-0.05, 0) is 66.2 Å². The van der Waals surface area contributed by atoms with E-state index in [1.54, 1.807) is 0 Å². The number of morpholine rings is 1. The molecule has 34 heavy (non-hydrogen) atoms. The van der Waals surface area contributed by atoms with Crippen LogP contribution in [0.5, 0.6) is 0 Å². The van der Waals surface area contributed by atoms with Crippen LogP contribution in [0.15, 0.2) is 18.2 Å². The molecule has 3 fully saturated rings. The van der Waals surface area contributed by atoms with Gasteiger partial charge in [0, 0.05) is 38.4 Å². The van der Waals surface area contributed by atoms with Crippen LogP contribution in [0.2, 0.25) is 0 Å². The van der Waals surface area contributed by atoms with E-state index >= 15 is 0 Å². The van der Waals surface area contributed by atoms with E-state index < -0.39 is 0 Å². The fourth-order valence-corrected chi connectivity index (χ4v) is 7.01. The van der Waals surface area contributed by atoms with Crippen LogP contribution in [0.1, 0.15) is 89.9 Å². The Bertz CT molecular complexity index is 813. The topological polar surface area (TPSA) is 36.0 Å². The summed E-state index contributed by atoms with van der Waals surface area (Å²) in [4.78, 5) is 18.5. The number of nitrogens with zero attached hydrogens (tertiary/aromatic N) is 3. The first-order valence-corrected chi connectivity index (χ1v) is 13.6. The van der Waals surface area contributed by atoms with Crippen molar-refractivity contribution in [2.24, 2.45) is 10.8 Å². The molecule has 2 heterocycles. The molecule has 1 amide bonds. The smallest absolute Gasteiger partial charge is 0.209 e. The van der Waals surface area contributed by atoms with Crippen LogP contribution >= 0.6 is 0 Å². The van der Waals surface area contributed by atoms with Gasteiger partial charge in [0.05, 0.1) is 13.2 Å². The Balaban J connectivity index is 1.62. The zero-order valence-corrected chi connectivity index (χ0v) is 22.3. The number of amides is 1. The summed E-state index contributed by atoms with van der Waals surface area (Å²) in [7, 11) is 0. The van der Waals surface area contributed by atoms with Gasteiger partial charge in [-0.1, -0.05) is 53.2 Å². The molecule has 2 saturated heterocycles. The van der Waals surface area contributed by atoms with Gasteiger partial charge in [0.2, 0.25) is 6.41 Å². The molecule has 1 aromatic rings. The Hall–Kier alpha value is -1.59. The Morgan fingerprint density at radius 3 is 2.38 bits per heavy atom. The van der Waals surface area contributed by atoms with Gasteiger partial charge >= 0.3 is 0 Å². The molecule has 3 aliphatic rings. The average molecular weight is 470 g/mol. The van der Waals surface area contributed by atoms with Gasteiger partial charge in [-0.2, -0.15) is 0 Å². The van der Waals surface area contributed by atoms with Gasteiger partial charge in [0.25, 0.3) is 0 Å². The van der Waals surface area contributed by atoms with Gasteiger partial charge in [-0.3, -0.25) is 9.69 Å². The molecule has 0 N–H and O–H groups in total. The van der Waals surface area contributed by atoms with E-state index in [4.69, 9.17) is 4.74 Å². The number of hydrogen-bond acceptors (Lipinski definition) is 4. The molecule has 1 unspecified atom stereocenters. The third kappa shape index (κ3) is 6.15. The molecule has 190 valence electrons. The lowest BCUT2D eigenvalue weighted by atomic mass is 9.60. The highest BCUT2D eigenvalue weighted by Crippen LogP contribution is 2.53. The molecule has 0 bridgehead atoms. The zero-order chi connectivity index (χ0) is 24.3. The normalized spacial score (nSPS) is 26.0. The van der Waals surface area contributed by atoms with E-state index in [1.165, 1.54) is 55.5 Å². The number of benzene rings is 1. The van der Waals surface area contributed by atoms with Crippen molar-refractivity contribution >= 4 is 12.1 Å². The van der Waals surface area contributed by atoms with Crippen LogP contribution in [0.4, 0.5) is 5.69 Å². The van der Waals surface area contributed by atoms with Crippen LogP contribution in [-0.4, -0.2) is 68.6 Å². The summed E-state index contributed by atoms with van der Waals surface area (Å²) in [5.74, 6) is 0.553. The summed E-state index contributed by atoms with van der Waals surface area (Å²) in [6, 6.07) is 7.07. The molecule has 5 heteroatoms. The van der Waals surface area contributed by atoms with Crippen LogP contribution in [0.25, 0.3) is 0 Å². The molecule has 1 atom stereocenters. The number of rotatable bonds is 7. The molecule has 0 radical (unpaired) electrons. The lowest BCUT2D eigenvalue weighted by Crippen LogP contribution is -2.47. The van der Waals surface area contributed by atoms with E-state index in [1.807, 2.05) is 4.90 Å². The number of anilines is 1. The first-order chi connectivity index (χ1) is 16.2. The molecule has 2 aliphatic heterocycles. The number of ether oxygens (including phenoxy) is 1. The Labute approximate surface area is 207 Å². The highest BCUT2D eigenvalue weighted by atomic mass is 16.5. The van der Waals surface area contributed by atoms with E-state index in [0.29, 0.717) is 36.4 Å². The predicted molar refractivity (Wildman–Crippen MR) is 140 cm³/mol. The minimum Gasteiger partial charge on any atom is -0.370 e. The Morgan fingerprint density at radius 2 is 1.74 bits per heavy atom. The van der Waals surface area contributed by atoms with E-state index in [0.717, 1.165) is 32.6 Å². The van der Waals surface area contributed by atoms with Gasteiger partial charge in [0.1, 0.15) is 6.10 Å². The fourth-order valence-electron chi connectivity index (χ4n) is 7.01. The second-order valence-electron chi connectivity index (χ2n) is 12.6. The molecule has 1 aliphatic carbocycles. The lowest BCUT2D eigenvalue weighted by Gasteiger charge is -2.46. The summed E-state index contributed by atoms with van der Waals surface area (Å²) in [6.45, 7) is 19.8. The minimum atomic E-state index is -0.0257. The van der Waals surface area contributed by atoms with E-state index in [2.05, 4.69) is 62.6 Å². The van der Waals surface area contributed by atoms with Crippen molar-refractivity contribution in [3.63, 3.8) is 0 Å². The number of carbonyl (C=O) groups excluding carboxylic acids is 1. The van der Waals surface area contributed by atoms with Crippen molar-refractivity contribution in [2.75, 3.05) is 57.3 Å². The SMILES string of the molecule is CCCCN1CCN(c2ccc(C3CN(C=O)CCO3)cc2C2CC(C)(C)CC(C)(C)C2)CC1. The first-order valence-electron chi connectivity index (χ1n) is 13.6. The zero-order valence-electron chi connectivity index (χ0n) is 22.3. The maximum Gasteiger partial charge on any atom is 0.209 e. The maximum atomic E-state index is 11.4. The molecular formula is C29H47N3O2. The Kier molecular flexibility index (Phi) is 7.93. The summed E-state index contributed by atoms with van der Waals surface area (Å²) >= 11 is 0. The van der Waals surface area contributed by atoms with Crippen molar-refractivity contribution in [3.8, 4) is 0 Å². The van der Waals surface area contributed by atoms with E-state index in [9.17, 15) is 4.79 Å². The van der Waals surface area contributed by atoms with Crippen molar-refractivity contribution in [3.05, 3.63) is 29.3 Å². The third-order valence-electron chi connectivity index (χ3n) is 8.21. The van der Waals surface area contributed by atoms with Crippen molar-refractivity contribution in [1.29, 1.82) is 0 Å². The van der Waals surface area contributed by atoms with E-state index in [-0.39, 0.29) is 6.10 Å². The van der Waals surface area contributed by atoms with Crippen LogP contribution in [0.3, 0.4) is 0 Å². The van der Waals surface area contributed by atoms with Crippen molar-refractivity contribution in [2.45, 2.75) is 78.7 Å². The molecule has 4 rings (SSSR count). The van der Waals surface area contributed by atoms with Crippen LogP contribution in [-0.2, 0) is 9.53 Å². The molecule has 1 saturated carbocycles. The predicted octanol–water partition coefficient (Wildman–Crippen LogP) is 5.46. The largest absolute Gasteiger partial charge is 0.370 e. The molecule has 0 spiro atoms. The molecule has 1 aromatic carbocycles. The number of carbonyl (C=O) groups is 1. The number of hydrogen-bond donors (Lipinski definition) is 0. The minimum absolute atomic E-state index is 0.0257. The van der Waals surface area contributed by atoms with Gasteiger partial charge in [-0.15, -0.1) is 0 Å². The monoisotopic (exact) mass is 469 g/mol. The van der Waals surface area contributed by atoms with Gasteiger partial charge < -0.3 is 14.5 Å². The summed E-state index contributed by atoms with van der Waals surface area (Å²) in [5, 5.41) is 0. The average Bonchev–Trinajstić information content (AvgIpc) is 2.81. The summed E-state index contributed by atoms with van der Waals surface area (Å²) < 4.78 is 6.14. The maximum absolute atomic E-state index is 11.4. The first kappa shape index (κ1) is 25.5. The van der Waals surface area contributed by atoms with Gasteiger partial charge in [-0.25, -0.2) is 0 Å². The van der Waals surface area contributed by atoms with Gasteiger partial charge in [0.15, 0.2) is 0 Å². The second-order valence-corrected chi connectivity index (χ2v) is 12.6. The fraction of sp³-hybridized carbons (Fsp3) is 0.759. The Morgan fingerprint density at radius 1 is 1.03 bits per heavy atom. The van der Waals surface area contributed by atoms with Crippen molar-refractivity contribution in [1.82, 2.24) is 9.80 Å². The van der Waals surface area contributed by atoms with Crippen molar-refractivity contribution < 1.29 is 9.53 Å². The number of unbranched alkanes of at least 4 members (excludes halogenated alkanes) is 1. The number of piperazine rings is 1. The molecular weight excluding hydrogens is 422 g/mol. The summed E-state index contributed by atoms with van der Waals surface area (Å²) in [5.41, 5.74) is 4.85. The van der Waals surface area contributed by atoms with Crippen LogP contribution < -0.4 is 4.90 Å². The lowest BCUT2D eigenvalue weighted by molar-refractivity contribution is -0.125.